The Kier molecular flexibility index (Phi) is 10.2. The molecular formula is C79H51N3. The molecule has 0 amide bonds. The zero-order valence-corrected chi connectivity index (χ0v) is 44.8. The molecule has 2 aliphatic rings. The van der Waals surface area contributed by atoms with E-state index in [1.807, 2.05) is 0 Å². The number of hydrogen-bond donors (Lipinski definition) is 0. The maximum atomic E-state index is 2.52. The molecule has 0 radical (unpaired) electrons. The van der Waals surface area contributed by atoms with Crippen molar-refractivity contribution in [3.05, 3.63) is 332 Å². The molecule has 1 aliphatic heterocycles. The topological polar surface area (TPSA) is 13.1 Å². The lowest BCUT2D eigenvalue weighted by Crippen LogP contribution is -2.33. The molecule has 1 atom stereocenters. The van der Waals surface area contributed by atoms with Crippen LogP contribution in [0.4, 0.5) is 17.1 Å². The fraction of sp³-hybridized carbons (Fsp3) is 0.0127. The highest BCUT2D eigenvalue weighted by Crippen LogP contribution is 2.61. The van der Waals surface area contributed by atoms with Crippen LogP contribution in [-0.4, -0.2) is 9.13 Å². The Balaban J connectivity index is 0.827. The molecule has 0 N–H and O–H groups in total. The first-order valence-electron chi connectivity index (χ1n) is 28.4. The number of rotatable bonds is 8. The summed E-state index contributed by atoms with van der Waals surface area (Å²) < 4.78 is 4.92. The summed E-state index contributed by atoms with van der Waals surface area (Å²) in [6.07, 6.45) is 0. The van der Waals surface area contributed by atoms with Crippen molar-refractivity contribution in [1.29, 1.82) is 0 Å². The molecule has 0 fully saturated rings. The van der Waals surface area contributed by atoms with Gasteiger partial charge in [0, 0.05) is 44.2 Å². The van der Waals surface area contributed by atoms with Crippen LogP contribution in [0.3, 0.4) is 0 Å². The van der Waals surface area contributed by atoms with Crippen LogP contribution in [0.5, 0.6) is 0 Å². The van der Waals surface area contributed by atoms with Crippen LogP contribution in [0, 0.1) is 0 Å². The van der Waals surface area contributed by atoms with Crippen LogP contribution in [0.1, 0.15) is 22.3 Å². The van der Waals surface area contributed by atoms with Gasteiger partial charge in [0.1, 0.15) is 0 Å². The van der Waals surface area contributed by atoms with Crippen LogP contribution in [0.25, 0.3) is 111 Å². The lowest BCUT2D eigenvalue weighted by atomic mass is 9.65. The minimum Gasteiger partial charge on any atom is -0.310 e. The first-order valence-corrected chi connectivity index (χ1v) is 28.4. The molecule has 3 heteroatoms. The summed E-state index contributed by atoms with van der Waals surface area (Å²) in [5.41, 5.74) is 27.1. The van der Waals surface area contributed by atoms with Gasteiger partial charge in [-0.05, 0) is 151 Å². The van der Waals surface area contributed by atoms with Crippen LogP contribution >= 0.6 is 0 Å². The predicted molar refractivity (Wildman–Crippen MR) is 342 cm³/mol. The molecule has 0 saturated heterocycles. The predicted octanol–water partition coefficient (Wildman–Crippen LogP) is 20.7. The van der Waals surface area contributed by atoms with E-state index in [9.17, 15) is 0 Å². The minimum atomic E-state index is -0.552. The van der Waals surface area contributed by atoms with Crippen molar-refractivity contribution >= 4 is 60.7 Å². The smallest absolute Gasteiger partial charge is 0.0754 e. The highest BCUT2D eigenvalue weighted by Gasteiger charge is 2.51. The monoisotopic (exact) mass is 1040 g/mol. The molecule has 0 bridgehead atoms. The summed E-state index contributed by atoms with van der Waals surface area (Å²) in [4.78, 5) is 2.45. The van der Waals surface area contributed by atoms with Crippen molar-refractivity contribution in [3.63, 3.8) is 0 Å². The number of hydrogen-bond acceptors (Lipinski definition) is 1. The molecule has 82 heavy (non-hydrogen) atoms. The van der Waals surface area contributed by atoms with Crippen molar-refractivity contribution in [1.82, 2.24) is 9.13 Å². The molecule has 1 unspecified atom stereocenters. The van der Waals surface area contributed by atoms with Gasteiger partial charge in [0.2, 0.25) is 0 Å². The molecule has 0 saturated carbocycles. The molecule has 1 spiro atoms. The van der Waals surface area contributed by atoms with Crippen molar-refractivity contribution in [2.75, 3.05) is 4.90 Å². The minimum absolute atomic E-state index is 0.552. The van der Waals surface area contributed by atoms with Crippen LogP contribution in [0.15, 0.2) is 309 Å². The number of anilines is 3. The summed E-state index contributed by atoms with van der Waals surface area (Å²) in [7, 11) is 0. The fourth-order valence-electron chi connectivity index (χ4n) is 14.2. The molecule has 3 nitrogen and oxygen atoms in total. The Hall–Kier alpha value is -10.7. The van der Waals surface area contributed by atoms with Gasteiger partial charge in [-0.1, -0.05) is 231 Å². The molecule has 13 aromatic carbocycles. The highest BCUT2D eigenvalue weighted by molar-refractivity contribution is 6.13. The number of nitrogens with zero attached hydrogens (tertiary/aromatic N) is 3. The Morgan fingerprint density at radius 1 is 0.256 bits per heavy atom. The molecule has 2 aromatic heterocycles. The van der Waals surface area contributed by atoms with E-state index >= 15 is 0 Å². The zero-order chi connectivity index (χ0) is 53.9. The van der Waals surface area contributed by atoms with Gasteiger partial charge in [0.15, 0.2) is 0 Å². The SMILES string of the molecule is c1ccc(-c2cccc(-c3ccccc3N(c3ccc(-c4cccc(-n5c6ccccc6c6ccccc65)c4)cc3)c3cccc(-c4ccc5c(c4)C4(c6ccccc6-5)c5ccccc5-n5c6ccccc6c6cccc4c65)c3)c2)cc1. The first kappa shape index (κ1) is 46.2. The van der Waals surface area contributed by atoms with Crippen LogP contribution < -0.4 is 4.90 Å². The highest BCUT2D eigenvalue weighted by atomic mass is 15.1. The van der Waals surface area contributed by atoms with E-state index in [1.165, 1.54) is 99.4 Å². The summed E-state index contributed by atoms with van der Waals surface area (Å²) in [5, 5.41) is 5.07. The maximum absolute atomic E-state index is 2.52. The van der Waals surface area contributed by atoms with Gasteiger partial charge in [-0.15, -0.1) is 0 Å². The van der Waals surface area contributed by atoms with Crippen LogP contribution in [0.2, 0.25) is 0 Å². The Morgan fingerprint density at radius 3 is 1.54 bits per heavy atom. The molecule has 382 valence electrons. The van der Waals surface area contributed by atoms with Gasteiger partial charge in [-0.25, -0.2) is 0 Å². The fourth-order valence-corrected chi connectivity index (χ4v) is 14.2. The third-order valence-electron chi connectivity index (χ3n) is 17.7. The number of benzene rings is 13. The largest absolute Gasteiger partial charge is 0.310 e. The number of para-hydroxylation sites is 6. The standard InChI is InChI=1S/C79H51N3/c1-2-20-52(21-3-1)54-22-16-25-58(48-54)62-28-5-11-37-73(62)80(59-45-42-53(43-46-59)55-23-17-27-61(49-55)81-74-38-12-6-30-65(74)66-31-7-13-39-75(66)81)60-26-18-24-56(50-60)57-44-47-64-63-29-4-9-34-69(63)79(72(64)51-57)70-35-10-15-41-77(70)82-76-40-14-8-32-67(76)68-33-19-36-71(79)78(68)82/h1-51H. The third kappa shape index (κ3) is 6.77. The van der Waals surface area contributed by atoms with Gasteiger partial charge in [0.25, 0.3) is 0 Å². The van der Waals surface area contributed by atoms with Gasteiger partial charge in [0.05, 0.1) is 38.9 Å². The molecule has 1 aliphatic carbocycles. The lowest BCUT2D eigenvalue weighted by Gasteiger charge is -2.39. The second-order valence-corrected chi connectivity index (χ2v) is 21.9. The van der Waals surface area contributed by atoms with E-state index in [1.54, 1.807) is 0 Å². The first-order chi connectivity index (χ1) is 40.7. The Bertz CT molecular complexity index is 5010. The van der Waals surface area contributed by atoms with Gasteiger partial charge < -0.3 is 14.0 Å². The third-order valence-corrected chi connectivity index (χ3v) is 17.7. The van der Waals surface area contributed by atoms with Crippen molar-refractivity contribution < 1.29 is 0 Å². The van der Waals surface area contributed by atoms with Gasteiger partial charge in [-0.2, -0.15) is 0 Å². The maximum Gasteiger partial charge on any atom is 0.0754 e. The lowest BCUT2D eigenvalue weighted by molar-refractivity contribution is 0.749. The number of fused-ring (bicyclic) bond motifs is 15. The van der Waals surface area contributed by atoms with E-state index in [2.05, 4.69) is 323 Å². The van der Waals surface area contributed by atoms with Gasteiger partial charge >= 0.3 is 0 Å². The second kappa shape index (κ2) is 18.2. The average molecular weight is 1040 g/mol. The molecular weight excluding hydrogens is 991 g/mol. The van der Waals surface area contributed by atoms with E-state index in [0.29, 0.717) is 0 Å². The van der Waals surface area contributed by atoms with Crippen molar-refractivity contribution in [3.8, 4) is 67.0 Å². The van der Waals surface area contributed by atoms with E-state index in [4.69, 9.17) is 0 Å². The number of aromatic nitrogens is 2. The van der Waals surface area contributed by atoms with E-state index in [-0.39, 0.29) is 0 Å². The molecule has 15 aromatic rings. The average Bonchev–Trinajstić information content (AvgIpc) is 1.72. The van der Waals surface area contributed by atoms with E-state index < -0.39 is 5.41 Å². The van der Waals surface area contributed by atoms with Crippen LogP contribution in [-0.2, 0) is 5.41 Å². The molecule has 17 rings (SSSR count). The summed E-state index contributed by atoms with van der Waals surface area (Å²) in [5.74, 6) is 0. The summed E-state index contributed by atoms with van der Waals surface area (Å²) in [6, 6.07) is 115. The second-order valence-electron chi connectivity index (χ2n) is 21.9. The van der Waals surface area contributed by atoms with Gasteiger partial charge in [-0.3, -0.25) is 0 Å². The molecule has 3 heterocycles. The zero-order valence-electron chi connectivity index (χ0n) is 44.8. The van der Waals surface area contributed by atoms with Crippen molar-refractivity contribution in [2.24, 2.45) is 0 Å². The Labute approximate surface area is 476 Å². The quantitative estimate of drug-likeness (QED) is 0.148. The summed E-state index contributed by atoms with van der Waals surface area (Å²) in [6.45, 7) is 0. The van der Waals surface area contributed by atoms with Crippen molar-refractivity contribution in [2.45, 2.75) is 5.41 Å². The summed E-state index contributed by atoms with van der Waals surface area (Å²) >= 11 is 0. The Morgan fingerprint density at radius 2 is 0.756 bits per heavy atom. The van der Waals surface area contributed by atoms with E-state index in [0.717, 1.165) is 50.6 Å². The normalized spacial score (nSPS) is 13.9.